The normalized spacial score (nSPS) is 7.11. The number of pyridine rings is 1. The van der Waals surface area contributed by atoms with Crippen LogP contribution < -0.4 is 5.73 Å². The molecule has 0 bridgehead atoms. The minimum Gasteiger partial charge on any atom is -0.384 e. The Labute approximate surface area is 53.5 Å². The van der Waals surface area contributed by atoms with Crippen molar-refractivity contribution in [1.82, 2.24) is 4.98 Å². The average molecular weight is 124 g/mol. The van der Waals surface area contributed by atoms with Crippen molar-refractivity contribution in [3.8, 4) is 0 Å². The van der Waals surface area contributed by atoms with Crippen molar-refractivity contribution in [1.29, 1.82) is 0 Å². The van der Waals surface area contributed by atoms with Crippen LogP contribution in [0.4, 0.5) is 5.82 Å². The van der Waals surface area contributed by atoms with Gasteiger partial charge in [-0.2, -0.15) is 0 Å². The third-order valence-corrected chi connectivity index (χ3v) is 0.688. The summed E-state index contributed by atoms with van der Waals surface area (Å²) >= 11 is 0. The highest BCUT2D eigenvalue weighted by molar-refractivity contribution is 5.25. The summed E-state index contributed by atoms with van der Waals surface area (Å²) in [6.45, 7) is 2.00. The van der Waals surface area contributed by atoms with Crippen LogP contribution in [0.5, 0.6) is 0 Å². The average Bonchev–Trinajstić information content (AvgIpc) is 1.94. The van der Waals surface area contributed by atoms with Crippen molar-refractivity contribution in [2.75, 3.05) is 5.73 Å². The summed E-state index contributed by atoms with van der Waals surface area (Å²) in [6.07, 6.45) is 1.66. The standard InChI is InChI=1S/C5H6N2.CH2O/c6-5-3-1-2-4-7-5;1-2/h1-4H,(H2,6,7);1H2. The molecule has 3 nitrogen and oxygen atoms in total. The van der Waals surface area contributed by atoms with Gasteiger partial charge in [-0.3, -0.25) is 0 Å². The van der Waals surface area contributed by atoms with Gasteiger partial charge in [-0.15, -0.1) is 0 Å². The van der Waals surface area contributed by atoms with Gasteiger partial charge in [0.2, 0.25) is 0 Å². The maximum Gasteiger partial charge on any atom is 0.123 e. The Bertz CT molecular complexity index is 152. The van der Waals surface area contributed by atoms with Crippen LogP contribution in [-0.4, -0.2) is 11.8 Å². The van der Waals surface area contributed by atoms with E-state index in [1.165, 1.54) is 0 Å². The molecule has 0 aliphatic heterocycles. The second kappa shape index (κ2) is 4.77. The Morgan fingerprint density at radius 2 is 2.11 bits per heavy atom. The number of anilines is 1. The Kier molecular flexibility index (Phi) is 4.04. The molecule has 0 saturated heterocycles. The summed E-state index contributed by atoms with van der Waals surface area (Å²) in [5, 5.41) is 0. The molecule has 0 fully saturated rings. The fourth-order valence-electron chi connectivity index (χ4n) is 0.376. The lowest BCUT2D eigenvalue weighted by Gasteiger charge is -1.82. The highest BCUT2D eigenvalue weighted by atomic mass is 16.1. The van der Waals surface area contributed by atoms with Crippen LogP contribution in [0.15, 0.2) is 24.4 Å². The second-order valence-electron chi connectivity index (χ2n) is 1.25. The van der Waals surface area contributed by atoms with Crippen molar-refractivity contribution >= 4 is 12.6 Å². The van der Waals surface area contributed by atoms with E-state index in [0.717, 1.165) is 0 Å². The van der Waals surface area contributed by atoms with Crippen LogP contribution in [0.25, 0.3) is 0 Å². The molecule has 0 unspecified atom stereocenters. The van der Waals surface area contributed by atoms with Gasteiger partial charge in [-0.05, 0) is 12.1 Å². The van der Waals surface area contributed by atoms with Gasteiger partial charge in [0.05, 0.1) is 0 Å². The number of nitrogens with two attached hydrogens (primary N) is 1. The summed E-state index contributed by atoms with van der Waals surface area (Å²) in [7, 11) is 0. The minimum atomic E-state index is 0.572. The maximum atomic E-state index is 8.00. The summed E-state index contributed by atoms with van der Waals surface area (Å²) in [4.78, 5) is 11.8. The molecular formula is C6H8N2O. The van der Waals surface area contributed by atoms with Gasteiger partial charge >= 0.3 is 0 Å². The SMILES string of the molecule is C=O.Nc1ccccn1. The first kappa shape index (κ1) is 7.62. The van der Waals surface area contributed by atoms with Gasteiger partial charge in [0.15, 0.2) is 0 Å². The van der Waals surface area contributed by atoms with E-state index in [1.54, 1.807) is 12.3 Å². The molecule has 9 heavy (non-hydrogen) atoms. The van der Waals surface area contributed by atoms with Gasteiger partial charge < -0.3 is 10.5 Å². The predicted octanol–water partition coefficient (Wildman–Crippen LogP) is 0.479. The van der Waals surface area contributed by atoms with Gasteiger partial charge in [0, 0.05) is 6.20 Å². The van der Waals surface area contributed by atoms with Gasteiger partial charge in [0.25, 0.3) is 0 Å². The van der Waals surface area contributed by atoms with E-state index in [2.05, 4.69) is 4.98 Å². The van der Waals surface area contributed by atoms with Gasteiger partial charge in [-0.25, -0.2) is 4.98 Å². The molecular weight excluding hydrogens is 116 g/mol. The molecule has 1 rings (SSSR count). The number of carbonyl (C=O) groups is 1. The largest absolute Gasteiger partial charge is 0.384 e. The molecule has 0 amide bonds. The smallest absolute Gasteiger partial charge is 0.123 e. The first-order valence-corrected chi connectivity index (χ1v) is 2.35. The van der Waals surface area contributed by atoms with Gasteiger partial charge in [0.1, 0.15) is 12.6 Å². The molecule has 0 saturated carbocycles. The molecule has 1 aromatic heterocycles. The number of hydrogen-bond donors (Lipinski definition) is 1. The van der Waals surface area contributed by atoms with Crippen molar-refractivity contribution < 1.29 is 4.79 Å². The highest BCUT2D eigenvalue weighted by Gasteiger charge is 1.73. The first-order valence-electron chi connectivity index (χ1n) is 2.35. The monoisotopic (exact) mass is 124 g/mol. The van der Waals surface area contributed by atoms with Crippen molar-refractivity contribution in [3.63, 3.8) is 0 Å². The number of nitrogen functional groups attached to an aromatic ring is 1. The molecule has 0 aliphatic carbocycles. The molecule has 0 spiro atoms. The third kappa shape index (κ3) is 3.22. The molecule has 48 valence electrons. The highest BCUT2D eigenvalue weighted by Crippen LogP contribution is 1.89. The maximum absolute atomic E-state index is 8.00. The van der Waals surface area contributed by atoms with E-state index in [-0.39, 0.29) is 0 Å². The van der Waals surface area contributed by atoms with Gasteiger partial charge in [-0.1, -0.05) is 6.07 Å². The van der Waals surface area contributed by atoms with Crippen molar-refractivity contribution in [3.05, 3.63) is 24.4 Å². The first-order chi connectivity index (χ1) is 4.39. The summed E-state index contributed by atoms with van der Waals surface area (Å²) in [6, 6.07) is 5.43. The quantitative estimate of drug-likeness (QED) is 0.547. The lowest BCUT2D eigenvalue weighted by atomic mass is 10.5. The van der Waals surface area contributed by atoms with E-state index in [0.29, 0.717) is 5.82 Å². The number of hydrogen-bond acceptors (Lipinski definition) is 3. The van der Waals surface area contributed by atoms with Crippen LogP contribution in [0, 0.1) is 0 Å². The molecule has 1 heterocycles. The molecule has 3 heteroatoms. The Balaban J connectivity index is 0.000000291. The van der Waals surface area contributed by atoms with E-state index >= 15 is 0 Å². The number of aromatic nitrogens is 1. The second-order valence-corrected chi connectivity index (χ2v) is 1.25. The van der Waals surface area contributed by atoms with Crippen molar-refractivity contribution in [2.24, 2.45) is 0 Å². The van der Waals surface area contributed by atoms with Crippen LogP contribution in [0.2, 0.25) is 0 Å². The number of rotatable bonds is 0. The Morgan fingerprint density at radius 3 is 2.33 bits per heavy atom. The topological polar surface area (TPSA) is 56.0 Å². The molecule has 2 N–H and O–H groups in total. The minimum absolute atomic E-state index is 0.572. The molecule has 0 aromatic carbocycles. The zero-order valence-corrected chi connectivity index (χ0v) is 4.95. The molecule has 1 aromatic rings. The predicted molar refractivity (Wildman–Crippen MR) is 35.8 cm³/mol. The third-order valence-electron chi connectivity index (χ3n) is 0.688. The zero-order chi connectivity index (χ0) is 7.11. The fourth-order valence-corrected chi connectivity index (χ4v) is 0.376. The number of nitrogens with zero attached hydrogens (tertiary/aromatic N) is 1. The van der Waals surface area contributed by atoms with E-state index in [4.69, 9.17) is 10.5 Å². The van der Waals surface area contributed by atoms with E-state index in [1.807, 2.05) is 18.9 Å². The van der Waals surface area contributed by atoms with Crippen LogP contribution >= 0.6 is 0 Å². The molecule has 0 aliphatic rings. The summed E-state index contributed by atoms with van der Waals surface area (Å²) in [5.74, 6) is 0.572. The summed E-state index contributed by atoms with van der Waals surface area (Å²) in [5.41, 5.74) is 5.25. The lowest BCUT2D eigenvalue weighted by molar-refractivity contribution is -0.0979. The van der Waals surface area contributed by atoms with E-state index in [9.17, 15) is 0 Å². The Morgan fingerprint density at radius 1 is 1.44 bits per heavy atom. The zero-order valence-electron chi connectivity index (χ0n) is 4.95. The summed E-state index contributed by atoms with van der Waals surface area (Å²) < 4.78 is 0. The van der Waals surface area contributed by atoms with Crippen molar-refractivity contribution in [2.45, 2.75) is 0 Å². The lowest BCUT2D eigenvalue weighted by Crippen LogP contribution is -1.85. The van der Waals surface area contributed by atoms with E-state index < -0.39 is 0 Å². The van der Waals surface area contributed by atoms with Crippen LogP contribution in [-0.2, 0) is 4.79 Å². The number of carbonyl (C=O) groups excluding carboxylic acids is 1. The fraction of sp³-hybridized carbons (Fsp3) is 0. The molecule has 0 atom stereocenters. The molecule has 0 radical (unpaired) electrons. The van der Waals surface area contributed by atoms with Crippen LogP contribution in [0.3, 0.4) is 0 Å². The van der Waals surface area contributed by atoms with Crippen LogP contribution in [0.1, 0.15) is 0 Å². The Hall–Kier alpha value is -1.38.